The molecular weight excluding hydrogens is 568 g/mol. The number of nitro groups is 1. The zero-order valence-electron chi connectivity index (χ0n) is 23.0. The second-order valence-electron chi connectivity index (χ2n) is 8.93. The molecule has 1 amide bonds. The van der Waals surface area contributed by atoms with Crippen molar-refractivity contribution in [3.8, 4) is 28.7 Å². The van der Waals surface area contributed by atoms with Crippen LogP contribution in [0.2, 0.25) is 0 Å². The molecule has 4 aromatic rings. The standard InChI is InChI=1S/C28H26N4O9S/c1-36-20-7-5-15(21-13-18(31-41-21)16-10-23(37-2)27(39-4)24(11-16)38-3)9-22(20)40-14-26(33)30-28-29-19-12-17(32(34)35)6-8-25(19)42-28/h5-12,21H,13-14H2,1-4H3,(H,29,30,33). The van der Waals surface area contributed by atoms with Crippen molar-refractivity contribution in [1.29, 1.82) is 0 Å². The average molecular weight is 595 g/mol. The normalized spacial score (nSPS) is 14.1. The first kappa shape index (κ1) is 28.4. The first-order valence-electron chi connectivity index (χ1n) is 12.5. The summed E-state index contributed by atoms with van der Waals surface area (Å²) in [6, 6.07) is 13.3. The van der Waals surface area contributed by atoms with E-state index >= 15 is 0 Å². The monoisotopic (exact) mass is 594 g/mol. The first-order valence-corrected chi connectivity index (χ1v) is 13.3. The van der Waals surface area contributed by atoms with Gasteiger partial charge < -0.3 is 28.5 Å². The topological polar surface area (TPSA) is 153 Å². The highest BCUT2D eigenvalue weighted by Gasteiger charge is 2.27. The van der Waals surface area contributed by atoms with Gasteiger partial charge in [-0.3, -0.25) is 20.2 Å². The van der Waals surface area contributed by atoms with Crippen molar-refractivity contribution in [3.63, 3.8) is 0 Å². The predicted octanol–water partition coefficient (Wildman–Crippen LogP) is 5.12. The van der Waals surface area contributed by atoms with Gasteiger partial charge in [0, 0.05) is 24.1 Å². The number of methoxy groups -OCH3 is 4. The summed E-state index contributed by atoms with van der Waals surface area (Å²) in [6.45, 7) is -0.325. The number of nitrogens with one attached hydrogen (secondary N) is 1. The summed E-state index contributed by atoms with van der Waals surface area (Å²) in [5.74, 6) is 1.80. The van der Waals surface area contributed by atoms with Crippen molar-refractivity contribution in [2.75, 3.05) is 40.4 Å². The Labute approximate surface area is 243 Å². The number of carbonyl (C=O) groups is 1. The maximum absolute atomic E-state index is 12.6. The highest BCUT2D eigenvalue weighted by Crippen LogP contribution is 2.41. The van der Waals surface area contributed by atoms with Crippen LogP contribution in [-0.4, -0.2) is 56.6 Å². The molecule has 218 valence electrons. The van der Waals surface area contributed by atoms with Gasteiger partial charge >= 0.3 is 0 Å². The Balaban J connectivity index is 1.26. The fourth-order valence-electron chi connectivity index (χ4n) is 4.36. The number of rotatable bonds is 11. The molecule has 1 aliphatic heterocycles. The molecule has 1 atom stereocenters. The molecule has 5 rings (SSSR count). The summed E-state index contributed by atoms with van der Waals surface area (Å²) in [7, 11) is 6.13. The lowest BCUT2D eigenvalue weighted by Crippen LogP contribution is -2.20. The molecule has 1 unspecified atom stereocenters. The van der Waals surface area contributed by atoms with E-state index in [2.05, 4.69) is 15.5 Å². The van der Waals surface area contributed by atoms with E-state index in [1.54, 1.807) is 44.6 Å². The molecule has 0 aliphatic carbocycles. The molecule has 0 saturated carbocycles. The maximum Gasteiger partial charge on any atom is 0.271 e. The number of hydrogen-bond acceptors (Lipinski definition) is 12. The van der Waals surface area contributed by atoms with Crippen LogP contribution in [0.5, 0.6) is 28.7 Å². The number of amides is 1. The summed E-state index contributed by atoms with van der Waals surface area (Å²) in [5.41, 5.74) is 2.57. The molecule has 0 bridgehead atoms. The van der Waals surface area contributed by atoms with Crippen molar-refractivity contribution in [1.82, 2.24) is 4.98 Å². The van der Waals surface area contributed by atoms with E-state index in [1.165, 1.54) is 37.7 Å². The highest BCUT2D eigenvalue weighted by molar-refractivity contribution is 7.22. The Hall–Kier alpha value is -5.11. The van der Waals surface area contributed by atoms with Crippen LogP contribution < -0.4 is 29.0 Å². The van der Waals surface area contributed by atoms with Gasteiger partial charge in [0.1, 0.15) is 0 Å². The van der Waals surface area contributed by atoms with Crippen molar-refractivity contribution in [2.24, 2.45) is 5.16 Å². The Morgan fingerprint density at radius 1 is 1.00 bits per heavy atom. The smallest absolute Gasteiger partial charge is 0.271 e. The fraction of sp³-hybridized carbons (Fsp3) is 0.250. The van der Waals surface area contributed by atoms with Crippen LogP contribution in [0.1, 0.15) is 23.7 Å². The van der Waals surface area contributed by atoms with E-state index in [0.717, 1.165) is 11.1 Å². The van der Waals surface area contributed by atoms with Gasteiger partial charge in [-0.1, -0.05) is 22.6 Å². The molecule has 42 heavy (non-hydrogen) atoms. The number of fused-ring (bicyclic) bond motifs is 1. The third-order valence-electron chi connectivity index (χ3n) is 6.41. The summed E-state index contributed by atoms with van der Waals surface area (Å²) in [5, 5.41) is 18.3. The average Bonchev–Trinajstić information content (AvgIpc) is 3.66. The zero-order valence-corrected chi connectivity index (χ0v) is 23.9. The van der Waals surface area contributed by atoms with Crippen molar-refractivity contribution < 1.29 is 38.2 Å². The third-order valence-corrected chi connectivity index (χ3v) is 7.37. The van der Waals surface area contributed by atoms with E-state index in [9.17, 15) is 14.9 Å². The van der Waals surface area contributed by atoms with Gasteiger partial charge in [-0.2, -0.15) is 0 Å². The van der Waals surface area contributed by atoms with Gasteiger partial charge in [-0.25, -0.2) is 4.98 Å². The van der Waals surface area contributed by atoms with Crippen molar-refractivity contribution in [2.45, 2.75) is 12.5 Å². The van der Waals surface area contributed by atoms with E-state index in [-0.39, 0.29) is 12.3 Å². The number of nitro benzene ring substituents is 1. The second-order valence-corrected chi connectivity index (χ2v) is 9.96. The molecule has 2 heterocycles. The molecule has 0 radical (unpaired) electrons. The van der Waals surface area contributed by atoms with Gasteiger partial charge in [-0.15, -0.1) is 0 Å². The lowest BCUT2D eigenvalue weighted by molar-refractivity contribution is -0.384. The van der Waals surface area contributed by atoms with Gasteiger partial charge in [-0.05, 0) is 35.9 Å². The molecular formula is C28H26N4O9S. The minimum absolute atomic E-state index is 0.0757. The molecule has 13 nitrogen and oxygen atoms in total. The Bertz CT molecular complexity index is 1660. The van der Waals surface area contributed by atoms with Crippen molar-refractivity contribution >= 4 is 44.0 Å². The third kappa shape index (κ3) is 5.83. The molecule has 0 spiro atoms. The lowest BCUT2D eigenvalue weighted by atomic mass is 9.99. The summed E-state index contributed by atoms with van der Waals surface area (Å²) in [4.78, 5) is 33.2. The number of hydrogen-bond donors (Lipinski definition) is 1. The van der Waals surface area contributed by atoms with Gasteiger partial charge in [0.05, 0.1) is 49.3 Å². The van der Waals surface area contributed by atoms with Crippen LogP contribution in [-0.2, 0) is 9.63 Å². The summed E-state index contributed by atoms with van der Waals surface area (Å²) >= 11 is 1.20. The summed E-state index contributed by atoms with van der Waals surface area (Å²) < 4.78 is 28.2. The van der Waals surface area contributed by atoms with E-state index < -0.39 is 16.9 Å². The Morgan fingerprint density at radius 3 is 2.40 bits per heavy atom. The van der Waals surface area contributed by atoms with Gasteiger partial charge in [0.25, 0.3) is 11.6 Å². The number of non-ortho nitro benzene ring substituents is 1. The second kappa shape index (κ2) is 12.2. The minimum atomic E-state index is -0.497. The first-order chi connectivity index (χ1) is 20.3. The number of benzene rings is 3. The van der Waals surface area contributed by atoms with Gasteiger partial charge in [0.15, 0.2) is 40.8 Å². The van der Waals surface area contributed by atoms with E-state index in [0.29, 0.717) is 56.2 Å². The number of anilines is 1. The maximum atomic E-state index is 12.6. The lowest BCUT2D eigenvalue weighted by Gasteiger charge is -2.15. The number of carbonyl (C=O) groups excluding carboxylic acids is 1. The van der Waals surface area contributed by atoms with Crippen LogP contribution in [0, 0.1) is 10.1 Å². The van der Waals surface area contributed by atoms with Crippen LogP contribution in [0.25, 0.3) is 10.2 Å². The zero-order chi connectivity index (χ0) is 29.8. The van der Waals surface area contributed by atoms with Crippen LogP contribution in [0.4, 0.5) is 10.8 Å². The number of oxime groups is 1. The SMILES string of the molecule is COc1ccc(C2CC(c3cc(OC)c(OC)c(OC)c3)=NO2)cc1OCC(=O)Nc1nc2cc([N+](=O)[O-])ccc2s1. The summed E-state index contributed by atoms with van der Waals surface area (Å²) in [6.07, 6.45) is 0.0497. The molecule has 1 N–H and O–H groups in total. The minimum Gasteiger partial charge on any atom is -0.493 e. The molecule has 0 saturated heterocycles. The quantitative estimate of drug-likeness (QED) is 0.183. The van der Waals surface area contributed by atoms with Crippen LogP contribution in [0.3, 0.4) is 0 Å². The number of aromatic nitrogens is 1. The number of thiazole rings is 1. The van der Waals surface area contributed by atoms with E-state index in [4.69, 9.17) is 28.5 Å². The highest BCUT2D eigenvalue weighted by atomic mass is 32.1. The van der Waals surface area contributed by atoms with Crippen LogP contribution in [0.15, 0.2) is 53.7 Å². The predicted molar refractivity (Wildman–Crippen MR) is 154 cm³/mol. The fourth-order valence-corrected chi connectivity index (χ4v) is 5.22. The number of nitrogens with zero attached hydrogens (tertiary/aromatic N) is 3. The largest absolute Gasteiger partial charge is 0.493 e. The van der Waals surface area contributed by atoms with Gasteiger partial charge in [0.2, 0.25) is 5.75 Å². The van der Waals surface area contributed by atoms with Crippen molar-refractivity contribution in [3.05, 3.63) is 69.8 Å². The Morgan fingerprint density at radius 2 is 1.74 bits per heavy atom. The molecule has 1 aromatic heterocycles. The molecule has 0 fully saturated rings. The van der Waals surface area contributed by atoms with E-state index in [1.807, 2.05) is 6.07 Å². The molecule has 3 aromatic carbocycles. The molecule has 1 aliphatic rings. The van der Waals surface area contributed by atoms with Crippen LogP contribution >= 0.6 is 11.3 Å². The molecule has 14 heteroatoms. The number of ether oxygens (including phenoxy) is 5. The Kier molecular flexibility index (Phi) is 8.24.